The average Bonchev–Trinajstić information content (AvgIpc) is 3.34. The van der Waals surface area contributed by atoms with Gasteiger partial charge in [-0.1, -0.05) is 6.58 Å². The van der Waals surface area contributed by atoms with E-state index in [9.17, 15) is 10.2 Å². The van der Waals surface area contributed by atoms with Crippen LogP contribution < -0.4 is 16.6 Å². The molecule has 2 aliphatic carbocycles. The van der Waals surface area contributed by atoms with Crippen LogP contribution in [0.1, 0.15) is 40.0 Å². The number of hydrazine groups is 1. The summed E-state index contributed by atoms with van der Waals surface area (Å²) in [6.07, 6.45) is 9.57. The number of piperazine rings is 1. The quantitative estimate of drug-likeness (QED) is 0.207. The fourth-order valence-corrected chi connectivity index (χ4v) is 4.60. The molecule has 4 rings (SSSR count). The van der Waals surface area contributed by atoms with Gasteiger partial charge in [-0.25, -0.2) is 10.4 Å². The van der Waals surface area contributed by atoms with E-state index in [1.807, 2.05) is 11.0 Å². The largest absolute Gasteiger partial charge is 0.492 e. The van der Waals surface area contributed by atoms with Crippen LogP contribution in [0.2, 0.25) is 0 Å². The Hall–Kier alpha value is -2.33. The molecule has 0 spiro atoms. The summed E-state index contributed by atoms with van der Waals surface area (Å²) in [5, 5.41) is 20.5. The zero-order valence-electron chi connectivity index (χ0n) is 19.9. The lowest BCUT2D eigenvalue weighted by Gasteiger charge is -2.41. The van der Waals surface area contributed by atoms with Gasteiger partial charge in [-0.2, -0.15) is 0 Å². The molecule has 0 aromatic carbocycles. The number of aliphatic hydroxyl groups excluding tert-OH is 1. The number of hydrogen-bond donors (Lipinski definition) is 5. The fourth-order valence-electron chi connectivity index (χ4n) is 4.60. The molecule has 3 fully saturated rings. The lowest BCUT2D eigenvalue weighted by molar-refractivity contribution is -0.138. The summed E-state index contributed by atoms with van der Waals surface area (Å²) in [6, 6.07) is 0.0110. The van der Waals surface area contributed by atoms with Crippen LogP contribution in [0.4, 0.5) is 0 Å². The van der Waals surface area contributed by atoms with Crippen molar-refractivity contribution in [1.29, 1.82) is 0 Å². The highest BCUT2D eigenvalue weighted by Crippen LogP contribution is 2.43. The molecule has 2 aliphatic heterocycles. The first kappa shape index (κ1) is 23.8. The first-order valence-corrected chi connectivity index (χ1v) is 11.8. The summed E-state index contributed by atoms with van der Waals surface area (Å²) < 4.78 is 6.22. The highest BCUT2D eigenvalue weighted by molar-refractivity contribution is 5.53. The first-order chi connectivity index (χ1) is 15.6. The summed E-state index contributed by atoms with van der Waals surface area (Å²) in [6.45, 7) is 12.3. The smallest absolute Gasteiger partial charge is 0.135 e. The van der Waals surface area contributed by atoms with Crippen LogP contribution in [-0.4, -0.2) is 76.0 Å². The topological polar surface area (TPSA) is 119 Å². The van der Waals surface area contributed by atoms with Gasteiger partial charge in [-0.3, -0.25) is 4.90 Å². The second-order valence-corrected chi connectivity index (χ2v) is 10.3. The summed E-state index contributed by atoms with van der Waals surface area (Å²) in [5.74, 6) is 1.99. The summed E-state index contributed by atoms with van der Waals surface area (Å²) >= 11 is 0. The third kappa shape index (κ3) is 5.43. The van der Waals surface area contributed by atoms with Gasteiger partial charge in [-0.05, 0) is 57.4 Å². The van der Waals surface area contributed by atoms with Crippen LogP contribution in [0.25, 0.3) is 0 Å². The van der Waals surface area contributed by atoms with E-state index < -0.39 is 11.8 Å². The van der Waals surface area contributed by atoms with Crippen LogP contribution in [0, 0.1) is 5.92 Å². The maximum atomic E-state index is 10.4. The van der Waals surface area contributed by atoms with E-state index in [4.69, 9.17) is 10.5 Å². The number of aliphatic hydroxyl groups is 2. The molecule has 1 saturated carbocycles. The Kier molecular flexibility index (Phi) is 6.59. The van der Waals surface area contributed by atoms with E-state index in [0.717, 1.165) is 42.1 Å². The van der Waals surface area contributed by atoms with Gasteiger partial charge in [0, 0.05) is 44.2 Å². The van der Waals surface area contributed by atoms with E-state index in [1.54, 1.807) is 13.8 Å². The van der Waals surface area contributed by atoms with Gasteiger partial charge in [0.25, 0.3) is 0 Å². The van der Waals surface area contributed by atoms with Crippen LogP contribution >= 0.6 is 0 Å². The predicted molar refractivity (Wildman–Crippen MR) is 128 cm³/mol. The Morgan fingerprint density at radius 1 is 1.33 bits per heavy atom. The molecule has 0 radical (unpaired) electrons. The molecule has 2 saturated heterocycles. The standard InChI is InChI=1S/C24H38N6O3/c1-16(21-18-14-17(33-24(4)7-8-24)5-6-19(18)27-28-21)13-20(26-15-25)29-9-11-30(12-10-29)22(31)23(2,3)32/h5-6,13,15,18,21-22,27-28,31-32H,1,7-12,14H2,2-4H3,(H2,25,26)/b20-13+/t18-,21-,22-/m0/s1. The van der Waals surface area contributed by atoms with Crippen molar-refractivity contribution < 1.29 is 14.9 Å². The number of fused-ring (bicyclic) bond motifs is 1. The third-order valence-electron chi connectivity index (χ3n) is 6.91. The Morgan fingerprint density at radius 3 is 2.64 bits per heavy atom. The van der Waals surface area contributed by atoms with Gasteiger partial charge < -0.3 is 31.0 Å². The summed E-state index contributed by atoms with van der Waals surface area (Å²) in [7, 11) is 0. The Bertz CT molecular complexity index is 875. The zero-order valence-corrected chi connectivity index (χ0v) is 19.9. The van der Waals surface area contributed by atoms with Crippen LogP contribution in [0.3, 0.4) is 0 Å². The predicted octanol–water partition coefficient (Wildman–Crippen LogP) is 0.911. The zero-order chi connectivity index (χ0) is 23.8. The normalized spacial score (nSPS) is 28.6. The fraction of sp³-hybridized carbons (Fsp3) is 0.625. The molecular formula is C24H38N6O3. The number of nitrogens with one attached hydrogen (secondary N) is 2. The molecular weight excluding hydrogens is 420 g/mol. The molecule has 0 bridgehead atoms. The number of nitrogens with two attached hydrogens (primary N) is 1. The minimum Gasteiger partial charge on any atom is -0.492 e. The molecule has 9 nitrogen and oxygen atoms in total. The number of ether oxygens (including phenoxy) is 1. The monoisotopic (exact) mass is 458 g/mol. The highest BCUT2D eigenvalue weighted by Gasteiger charge is 2.42. The molecule has 0 aromatic rings. The van der Waals surface area contributed by atoms with Crippen molar-refractivity contribution in [2.75, 3.05) is 26.2 Å². The molecule has 0 amide bonds. The van der Waals surface area contributed by atoms with Gasteiger partial charge >= 0.3 is 0 Å². The van der Waals surface area contributed by atoms with Gasteiger partial charge in [0.2, 0.25) is 0 Å². The van der Waals surface area contributed by atoms with Crippen molar-refractivity contribution in [3.05, 3.63) is 47.7 Å². The molecule has 6 N–H and O–H groups in total. The van der Waals surface area contributed by atoms with Crippen LogP contribution in [0.5, 0.6) is 0 Å². The molecule has 3 atom stereocenters. The maximum Gasteiger partial charge on any atom is 0.135 e. The Labute approximate surface area is 196 Å². The van der Waals surface area contributed by atoms with Crippen molar-refractivity contribution in [3.63, 3.8) is 0 Å². The van der Waals surface area contributed by atoms with Gasteiger partial charge in [0.15, 0.2) is 0 Å². The number of nitrogens with zero attached hydrogens (tertiary/aromatic N) is 3. The van der Waals surface area contributed by atoms with E-state index in [-0.39, 0.29) is 17.6 Å². The molecule has 0 aromatic heterocycles. The van der Waals surface area contributed by atoms with Gasteiger partial charge in [0.1, 0.15) is 17.6 Å². The number of allylic oxidation sites excluding steroid dienone is 3. The maximum absolute atomic E-state index is 10.4. The molecule has 0 unspecified atom stereocenters. The highest BCUT2D eigenvalue weighted by atomic mass is 16.5. The molecule has 2 heterocycles. The van der Waals surface area contributed by atoms with E-state index in [0.29, 0.717) is 26.2 Å². The number of aliphatic imine (C=N–C) groups is 1. The van der Waals surface area contributed by atoms with E-state index >= 15 is 0 Å². The average molecular weight is 459 g/mol. The second kappa shape index (κ2) is 9.13. The molecule has 4 aliphatic rings. The summed E-state index contributed by atoms with van der Waals surface area (Å²) in [4.78, 5) is 8.41. The number of hydrogen-bond acceptors (Lipinski definition) is 8. The van der Waals surface area contributed by atoms with E-state index in [2.05, 4.69) is 46.4 Å². The van der Waals surface area contributed by atoms with Crippen molar-refractivity contribution in [2.24, 2.45) is 16.6 Å². The van der Waals surface area contributed by atoms with Crippen LogP contribution in [-0.2, 0) is 4.74 Å². The van der Waals surface area contributed by atoms with Crippen molar-refractivity contribution in [3.8, 4) is 0 Å². The van der Waals surface area contributed by atoms with Crippen molar-refractivity contribution in [2.45, 2.75) is 63.5 Å². The van der Waals surface area contributed by atoms with Crippen molar-refractivity contribution in [1.82, 2.24) is 20.7 Å². The first-order valence-electron chi connectivity index (χ1n) is 11.8. The Balaban J connectivity index is 1.41. The van der Waals surface area contributed by atoms with Crippen molar-refractivity contribution >= 4 is 6.34 Å². The number of rotatable bonds is 8. The second-order valence-electron chi connectivity index (χ2n) is 10.3. The molecule has 33 heavy (non-hydrogen) atoms. The minimum atomic E-state index is -1.18. The van der Waals surface area contributed by atoms with E-state index in [1.165, 1.54) is 6.34 Å². The van der Waals surface area contributed by atoms with Gasteiger partial charge in [-0.15, -0.1) is 0 Å². The van der Waals surface area contributed by atoms with Crippen LogP contribution in [0.15, 0.2) is 52.6 Å². The SMILES string of the molecule is C=C(/C=C(\N=C/N)N1CCN([C@@H](O)C(C)(C)O)CC1)[C@@H]1NNC2=CC=C(OC3(C)CC3)C[C@@H]21. The van der Waals surface area contributed by atoms with Gasteiger partial charge in [0.05, 0.1) is 23.7 Å². The molecule has 182 valence electrons. The Morgan fingerprint density at radius 2 is 2.03 bits per heavy atom. The third-order valence-corrected chi connectivity index (χ3v) is 6.91. The summed E-state index contributed by atoms with van der Waals surface area (Å²) in [5.41, 5.74) is 13.2. The lowest BCUT2D eigenvalue weighted by Crippen LogP contribution is -2.56. The molecule has 9 heteroatoms. The lowest BCUT2D eigenvalue weighted by atomic mass is 9.87. The minimum absolute atomic E-state index is 0.00696.